The molecule has 1 aromatic carbocycles. The van der Waals surface area contributed by atoms with E-state index in [-0.39, 0.29) is 5.56 Å². The third kappa shape index (κ3) is 2.40. The van der Waals surface area contributed by atoms with Gasteiger partial charge in [0.2, 0.25) is 0 Å². The van der Waals surface area contributed by atoms with Crippen molar-refractivity contribution in [2.45, 2.75) is 6.92 Å². The molecule has 3 heteroatoms. The first kappa shape index (κ1) is 9.45. The van der Waals surface area contributed by atoms with Crippen molar-refractivity contribution in [1.29, 1.82) is 0 Å². The molecule has 0 atom stereocenters. The zero-order valence-corrected chi connectivity index (χ0v) is 7.16. The molecular weight excluding hydrogens is 171 g/mol. The molecule has 0 amide bonds. The summed E-state index contributed by atoms with van der Waals surface area (Å²) in [6, 6.07) is 5.69. The highest BCUT2D eigenvalue weighted by molar-refractivity contribution is 5.89. The Labute approximate surface area is 75.6 Å². The third-order valence-corrected chi connectivity index (χ3v) is 1.40. The van der Waals surface area contributed by atoms with E-state index < -0.39 is 11.8 Å². The highest BCUT2D eigenvalue weighted by Gasteiger charge is 2.10. The number of allylic oxidation sites excluding steroid dienone is 1. The molecule has 0 unspecified atom stereocenters. The monoisotopic (exact) mass is 180 g/mol. The Morgan fingerprint density at radius 1 is 1.46 bits per heavy atom. The van der Waals surface area contributed by atoms with E-state index >= 15 is 0 Å². The van der Waals surface area contributed by atoms with Gasteiger partial charge in [-0.1, -0.05) is 18.2 Å². The molecule has 0 aliphatic carbocycles. The minimum atomic E-state index is -0.684. The molecule has 0 aromatic heterocycles. The van der Waals surface area contributed by atoms with Crippen molar-refractivity contribution in [1.82, 2.24) is 0 Å². The van der Waals surface area contributed by atoms with Crippen LogP contribution >= 0.6 is 0 Å². The van der Waals surface area contributed by atoms with Crippen LogP contribution in [0.1, 0.15) is 17.3 Å². The average Bonchev–Trinajstić information content (AvgIpc) is 2.15. The Hall–Kier alpha value is -1.64. The SMILES string of the molecule is CC=COC(=O)c1ccccc1F. The van der Waals surface area contributed by atoms with Gasteiger partial charge in [-0.25, -0.2) is 9.18 Å². The third-order valence-electron chi connectivity index (χ3n) is 1.40. The van der Waals surface area contributed by atoms with Crippen molar-refractivity contribution in [2.24, 2.45) is 0 Å². The number of carbonyl (C=O) groups excluding carboxylic acids is 1. The van der Waals surface area contributed by atoms with Gasteiger partial charge in [0.25, 0.3) is 0 Å². The average molecular weight is 180 g/mol. The molecule has 0 fully saturated rings. The van der Waals surface area contributed by atoms with Crippen LogP contribution in [-0.4, -0.2) is 5.97 Å². The number of rotatable bonds is 2. The van der Waals surface area contributed by atoms with Crippen LogP contribution in [0.15, 0.2) is 36.6 Å². The predicted octanol–water partition coefficient (Wildman–Crippen LogP) is 2.52. The van der Waals surface area contributed by atoms with Crippen molar-refractivity contribution >= 4 is 5.97 Å². The lowest BCUT2D eigenvalue weighted by Crippen LogP contribution is -2.03. The number of halogens is 1. The van der Waals surface area contributed by atoms with Crippen LogP contribution in [0.4, 0.5) is 4.39 Å². The molecule has 0 aliphatic heterocycles. The van der Waals surface area contributed by atoms with Gasteiger partial charge >= 0.3 is 5.97 Å². The standard InChI is InChI=1S/C10H9FO2/c1-2-7-13-10(12)8-5-3-4-6-9(8)11/h2-7H,1H3. The summed E-state index contributed by atoms with van der Waals surface area (Å²) >= 11 is 0. The van der Waals surface area contributed by atoms with Gasteiger partial charge in [-0.3, -0.25) is 0 Å². The first-order chi connectivity index (χ1) is 6.25. The first-order valence-electron chi connectivity index (χ1n) is 3.82. The number of hydrogen-bond acceptors (Lipinski definition) is 2. The molecule has 68 valence electrons. The maximum atomic E-state index is 12.9. The maximum absolute atomic E-state index is 12.9. The van der Waals surface area contributed by atoms with Gasteiger partial charge in [-0.05, 0) is 19.1 Å². The second-order valence-electron chi connectivity index (χ2n) is 2.35. The van der Waals surface area contributed by atoms with E-state index in [1.165, 1.54) is 24.5 Å². The summed E-state index contributed by atoms with van der Waals surface area (Å²) in [4.78, 5) is 11.1. The van der Waals surface area contributed by atoms with E-state index in [4.69, 9.17) is 0 Å². The van der Waals surface area contributed by atoms with E-state index in [0.29, 0.717) is 0 Å². The fraction of sp³-hybridized carbons (Fsp3) is 0.100. The van der Waals surface area contributed by atoms with Gasteiger partial charge in [-0.15, -0.1) is 0 Å². The molecule has 0 bridgehead atoms. The molecule has 13 heavy (non-hydrogen) atoms. The quantitative estimate of drug-likeness (QED) is 0.516. The molecule has 0 saturated heterocycles. The normalized spacial score (nSPS) is 10.3. The van der Waals surface area contributed by atoms with E-state index in [1.54, 1.807) is 19.1 Å². The fourth-order valence-electron chi connectivity index (χ4n) is 0.820. The molecule has 0 heterocycles. The maximum Gasteiger partial charge on any atom is 0.345 e. The largest absolute Gasteiger partial charge is 0.431 e. The molecule has 0 spiro atoms. The van der Waals surface area contributed by atoms with Crippen molar-refractivity contribution in [3.05, 3.63) is 48.0 Å². The van der Waals surface area contributed by atoms with Gasteiger partial charge in [0.1, 0.15) is 5.82 Å². The topological polar surface area (TPSA) is 26.3 Å². The van der Waals surface area contributed by atoms with Gasteiger partial charge in [0.05, 0.1) is 11.8 Å². The van der Waals surface area contributed by atoms with Crippen LogP contribution in [-0.2, 0) is 4.74 Å². The van der Waals surface area contributed by atoms with Crippen molar-refractivity contribution in [3.8, 4) is 0 Å². The van der Waals surface area contributed by atoms with Gasteiger partial charge in [0, 0.05) is 0 Å². The van der Waals surface area contributed by atoms with E-state index in [2.05, 4.69) is 4.74 Å². The summed E-state index contributed by atoms with van der Waals surface area (Å²) in [5, 5.41) is 0. The summed E-state index contributed by atoms with van der Waals surface area (Å²) in [6.07, 6.45) is 2.77. The van der Waals surface area contributed by atoms with Crippen molar-refractivity contribution in [2.75, 3.05) is 0 Å². The number of esters is 1. The first-order valence-corrected chi connectivity index (χ1v) is 3.82. The van der Waals surface area contributed by atoms with E-state index in [9.17, 15) is 9.18 Å². The van der Waals surface area contributed by atoms with Crippen LogP contribution in [0.5, 0.6) is 0 Å². The van der Waals surface area contributed by atoms with Crippen LogP contribution in [0, 0.1) is 5.82 Å². The number of ether oxygens (including phenoxy) is 1. The molecule has 0 saturated carbocycles. The van der Waals surface area contributed by atoms with Crippen molar-refractivity contribution < 1.29 is 13.9 Å². The smallest absolute Gasteiger partial charge is 0.345 e. The second-order valence-corrected chi connectivity index (χ2v) is 2.35. The molecule has 0 aliphatic rings. The summed E-state index contributed by atoms with van der Waals surface area (Å²) in [7, 11) is 0. The number of benzene rings is 1. The Morgan fingerprint density at radius 3 is 2.77 bits per heavy atom. The molecular formula is C10H9FO2. The lowest BCUT2D eigenvalue weighted by atomic mass is 10.2. The highest BCUT2D eigenvalue weighted by atomic mass is 19.1. The van der Waals surface area contributed by atoms with Crippen LogP contribution in [0.3, 0.4) is 0 Å². The Kier molecular flexibility index (Phi) is 3.20. The highest BCUT2D eigenvalue weighted by Crippen LogP contribution is 2.07. The van der Waals surface area contributed by atoms with Gasteiger partial charge in [-0.2, -0.15) is 0 Å². The Balaban J connectivity index is 2.83. The molecule has 0 N–H and O–H groups in total. The minimum Gasteiger partial charge on any atom is -0.431 e. The van der Waals surface area contributed by atoms with Crippen LogP contribution in [0.2, 0.25) is 0 Å². The van der Waals surface area contributed by atoms with Crippen LogP contribution < -0.4 is 0 Å². The molecule has 2 nitrogen and oxygen atoms in total. The van der Waals surface area contributed by atoms with Gasteiger partial charge < -0.3 is 4.74 Å². The van der Waals surface area contributed by atoms with E-state index in [1.807, 2.05) is 0 Å². The minimum absolute atomic E-state index is 0.0550. The zero-order chi connectivity index (χ0) is 9.68. The Morgan fingerprint density at radius 2 is 2.15 bits per heavy atom. The Bertz CT molecular complexity index is 331. The van der Waals surface area contributed by atoms with Gasteiger partial charge in [0.15, 0.2) is 0 Å². The summed E-state index contributed by atoms with van der Waals surface area (Å²) in [5.74, 6) is -1.26. The number of hydrogen-bond donors (Lipinski definition) is 0. The summed E-state index contributed by atoms with van der Waals surface area (Å²) in [6.45, 7) is 1.70. The van der Waals surface area contributed by atoms with Crippen molar-refractivity contribution in [3.63, 3.8) is 0 Å². The molecule has 0 radical (unpaired) electrons. The molecule has 1 rings (SSSR count). The van der Waals surface area contributed by atoms with E-state index in [0.717, 1.165) is 0 Å². The molecule has 1 aromatic rings. The fourth-order valence-corrected chi connectivity index (χ4v) is 0.820. The summed E-state index contributed by atoms with van der Waals surface area (Å²) in [5.41, 5.74) is -0.0550. The second kappa shape index (κ2) is 4.40. The van der Waals surface area contributed by atoms with Crippen LogP contribution in [0.25, 0.3) is 0 Å². The predicted molar refractivity (Wildman–Crippen MR) is 46.6 cm³/mol. The zero-order valence-electron chi connectivity index (χ0n) is 7.16. The lowest BCUT2D eigenvalue weighted by molar-refractivity contribution is 0.0657. The number of carbonyl (C=O) groups is 1. The summed E-state index contributed by atoms with van der Waals surface area (Å²) < 4.78 is 17.5. The lowest BCUT2D eigenvalue weighted by Gasteiger charge is -1.99.